The quantitative estimate of drug-likeness (QED) is 0.308. The van der Waals surface area contributed by atoms with Gasteiger partial charge in [0.15, 0.2) is 0 Å². The number of benzene rings is 2. The van der Waals surface area contributed by atoms with E-state index in [1.807, 2.05) is 55.1 Å². The van der Waals surface area contributed by atoms with E-state index in [1.165, 1.54) is 0 Å². The van der Waals surface area contributed by atoms with Gasteiger partial charge >= 0.3 is 0 Å². The standard InChI is InChI=1S/C29H32N6O2/c1-6-19-9-8-10-20(7-2)26(19)34-28(37)22-16-25(35(5)17-22)24-13-14-31-29(33-24)32-23-12-11-21(15-18(23)3)27(36)30-4/h8-17H,6-7H2,1-5H3,(H,30,36)(H,34,37)(H,31,32,33). The first-order chi connectivity index (χ1) is 17.8. The molecule has 2 heterocycles. The molecule has 2 amide bonds. The van der Waals surface area contributed by atoms with Crippen molar-refractivity contribution in [1.82, 2.24) is 19.9 Å². The predicted octanol–water partition coefficient (Wildman–Crippen LogP) is 5.27. The number of nitrogens with one attached hydrogen (secondary N) is 3. The lowest BCUT2D eigenvalue weighted by molar-refractivity contribution is 0.0962. The highest BCUT2D eigenvalue weighted by molar-refractivity contribution is 6.05. The van der Waals surface area contributed by atoms with Gasteiger partial charge in [-0.3, -0.25) is 9.59 Å². The second-order valence-corrected chi connectivity index (χ2v) is 8.84. The first-order valence-corrected chi connectivity index (χ1v) is 12.4. The van der Waals surface area contributed by atoms with Crippen LogP contribution in [0.2, 0.25) is 0 Å². The highest BCUT2D eigenvalue weighted by Crippen LogP contribution is 2.26. The monoisotopic (exact) mass is 496 g/mol. The number of aromatic nitrogens is 3. The molecule has 3 N–H and O–H groups in total. The summed E-state index contributed by atoms with van der Waals surface area (Å²) in [6, 6.07) is 15.2. The van der Waals surface area contributed by atoms with Crippen LogP contribution in [0.3, 0.4) is 0 Å². The molecule has 37 heavy (non-hydrogen) atoms. The third-order valence-corrected chi connectivity index (χ3v) is 6.38. The number of aryl methyl sites for hydroxylation is 4. The van der Waals surface area contributed by atoms with Crippen LogP contribution < -0.4 is 16.0 Å². The molecule has 0 radical (unpaired) electrons. The Morgan fingerprint density at radius 1 is 0.946 bits per heavy atom. The molecule has 2 aromatic heterocycles. The molecule has 0 unspecified atom stereocenters. The number of hydrogen-bond acceptors (Lipinski definition) is 5. The minimum Gasteiger partial charge on any atom is -0.355 e. The number of carbonyl (C=O) groups excluding carboxylic acids is 2. The summed E-state index contributed by atoms with van der Waals surface area (Å²) in [7, 11) is 3.49. The summed E-state index contributed by atoms with van der Waals surface area (Å²) in [4.78, 5) is 34.1. The largest absolute Gasteiger partial charge is 0.355 e. The van der Waals surface area contributed by atoms with Gasteiger partial charge in [-0.15, -0.1) is 0 Å². The summed E-state index contributed by atoms with van der Waals surface area (Å²) in [6.07, 6.45) is 5.17. The SMILES string of the molecule is CCc1cccc(CC)c1NC(=O)c1cc(-c2ccnc(Nc3ccc(C(=O)NC)cc3C)n2)n(C)c1. The summed E-state index contributed by atoms with van der Waals surface area (Å²) in [6.45, 7) is 6.09. The molecule has 4 aromatic rings. The molecule has 8 heteroatoms. The van der Waals surface area contributed by atoms with Gasteiger partial charge in [0.2, 0.25) is 5.95 Å². The zero-order valence-corrected chi connectivity index (χ0v) is 21.8. The van der Waals surface area contributed by atoms with Crippen LogP contribution >= 0.6 is 0 Å². The van der Waals surface area contributed by atoms with Crippen LogP contribution in [0.5, 0.6) is 0 Å². The lowest BCUT2D eigenvalue weighted by Crippen LogP contribution is -2.17. The number of hydrogen-bond donors (Lipinski definition) is 3. The molecule has 0 aliphatic rings. The lowest BCUT2D eigenvalue weighted by Gasteiger charge is -2.13. The average Bonchev–Trinajstić information content (AvgIpc) is 3.31. The summed E-state index contributed by atoms with van der Waals surface area (Å²) in [5.74, 6) is 0.127. The van der Waals surface area contributed by atoms with E-state index < -0.39 is 0 Å². The predicted molar refractivity (Wildman–Crippen MR) is 147 cm³/mol. The maximum atomic E-state index is 13.2. The highest BCUT2D eigenvalue weighted by Gasteiger charge is 2.16. The summed E-state index contributed by atoms with van der Waals surface area (Å²) in [5.41, 5.74) is 7.45. The van der Waals surface area contributed by atoms with Crippen molar-refractivity contribution in [1.29, 1.82) is 0 Å². The fourth-order valence-electron chi connectivity index (χ4n) is 4.30. The Morgan fingerprint density at radius 2 is 1.68 bits per heavy atom. The van der Waals surface area contributed by atoms with E-state index in [-0.39, 0.29) is 11.8 Å². The van der Waals surface area contributed by atoms with Crippen molar-refractivity contribution < 1.29 is 9.59 Å². The minimum absolute atomic E-state index is 0.138. The van der Waals surface area contributed by atoms with Crippen LogP contribution in [0.1, 0.15) is 51.3 Å². The van der Waals surface area contributed by atoms with Gasteiger partial charge in [-0.25, -0.2) is 9.97 Å². The maximum absolute atomic E-state index is 13.2. The zero-order valence-electron chi connectivity index (χ0n) is 21.8. The molecule has 8 nitrogen and oxygen atoms in total. The molecular weight excluding hydrogens is 464 g/mol. The Balaban J connectivity index is 1.57. The maximum Gasteiger partial charge on any atom is 0.257 e. The molecule has 0 atom stereocenters. The second-order valence-electron chi connectivity index (χ2n) is 8.84. The highest BCUT2D eigenvalue weighted by atomic mass is 16.2. The van der Waals surface area contributed by atoms with Gasteiger partial charge in [0.1, 0.15) is 0 Å². The number of para-hydroxylation sites is 1. The van der Waals surface area contributed by atoms with E-state index in [9.17, 15) is 9.59 Å². The molecular formula is C29H32N6O2. The molecule has 0 saturated carbocycles. The third kappa shape index (κ3) is 5.53. The van der Waals surface area contributed by atoms with Gasteiger partial charge in [0, 0.05) is 43.4 Å². The van der Waals surface area contributed by atoms with Crippen molar-refractivity contribution >= 4 is 29.1 Å². The topological polar surface area (TPSA) is 101 Å². The van der Waals surface area contributed by atoms with Crippen LogP contribution in [-0.4, -0.2) is 33.4 Å². The van der Waals surface area contributed by atoms with Crippen molar-refractivity contribution in [2.45, 2.75) is 33.6 Å². The first-order valence-electron chi connectivity index (χ1n) is 12.4. The summed E-state index contributed by atoms with van der Waals surface area (Å²) in [5, 5.41) is 8.99. The van der Waals surface area contributed by atoms with Crippen LogP contribution in [0.4, 0.5) is 17.3 Å². The van der Waals surface area contributed by atoms with Crippen LogP contribution in [-0.2, 0) is 19.9 Å². The van der Waals surface area contributed by atoms with Gasteiger partial charge in [-0.1, -0.05) is 32.0 Å². The van der Waals surface area contributed by atoms with Gasteiger partial charge < -0.3 is 20.5 Å². The average molecular weight is 497 g/mol. The molecule has 0 aliphatic heterocycles. The van der Waals surface area contributed by atoms with Gasteiger partial charge in [0.05, 0.1) is 17.0 Å². The Kier molecular flexibility index (Phi) is 7.67. The molecule has 0 fully saturated rings. The number of carbonyl (C=O) groups is 2. The van der Waals surface area contributed by atoms with E-state index in [4.69, 9.17) is 0 Å². The Bertz CT molecular complexity index is 1430. The third-order valence-electron chi connectivity index (χ3n) is 6.38. The number of nitrogens with zero attached hydrogens (tertiary/aromatic N) is 3. The fraction of sp³-hybridized carbons (Fsp3) is 0.241. The Labute approximate surface area is 217 Å². The number of anilines is 3. The molecule has 2 aromatic carbocycles. The van der Waals surface area contributed by atoms with Crippen LogP contribution in [0.15, 0.2) is 60.9 Å². The first kappa shape index (κ1) is 25.6. The minimum atomic E-state index is -0.156. The second kappa shape index (κ2) is 11.1. The molecule has 0 aliphatic carbocycles. The fourth-order valence-corrected chi connectivity index (χ4v) is 4.30. The smallest absolute Gasteiger partial charge is 0.257 e. The Hall–Kier alpha value is -4.46. The van der Waals surface area contributed by atoms with Crippen LogP contribution in [0, 0.1) is 6.92 Å². The van der Waals surface area contributed by atoms with Crippen LogP contribution in [0.25, 0.3) is 11.4 Å². The molecule has 0 bridgehead atoms. The van der Waals surface area contributed by atoms with Crippen molar-refractivity contribution in [3.63, 3.8) is 0 Å². The zero-order chi connectivity index (χ0) is 26.5. The van der Waals surface area contributed by atoms with Crippen molar-refractivity contribution in [2.24, 2.45) is 7.05 Å². The van der Waals surface area contributed by atoms with Gasteiger partial charge in [-0.05, 0) is 66.8 Å². The normalized spacial score (nSPS) is 10.7. The van der Waals surface area contributed by atoms with Crippen molar-refractivity contribution in [3.8, 4) is 11.4 Å². The van der Waals surface area contributed by atoms with E-state index in [0.29, 0.717) is 22.8 Å². The van der Waals surface area contributed by atoms with E-state index >= 15 is 0 Å². The number of amides is 2. The molecule has 0 spiro atoms. The Morgan fingerprint density at radius 3 is 2.32 bits per heavy atom. The van der Waals surface area contributed by atoms with Gasteiger partial charge in [-0.2, -0.15) is 0 Å². The molecule has 4 rings (SSSR count). The van der Waals surface area contributed by atoms with E-state index in [0.717, 1.165) is 46.6 Å². The summed E-state index contributed by atoms with van der Waals surface area (Å²) < 4.78 is 1.89. The van der Waals surface area contributed by atoms with E-state index in [1.54, 1.807) is 19.3 Å². The molecule has 0 saturated heterocycles. The lowest BCUT2D eigenvalue weighted by atomic mass is 10.0. The number of rotatable bonds is 8. The van der Waals surface area contributed by atoms with Crippen molar-refractivity contribution in [2.75, 3.05) is 17.7 Å². The van der Waals surface area contributed by atoms with E-state index in [2.05, 4.69) is 51.9 Å². The molecule has 190 valence electrons. The van der Waals surface area contributed by atoms with Gasteiger partial charge in [0.25, 0.3) is 11.8 Å². The van der Waals surface area contributed by atoms with Crippen molar-refractivity contribution in [3.05, 3.63) is 88.7 Å². The summed E-state index contributed by atoms with van der Waals surface area (Å²) >= 11 is 0.